The standard InChI is InChI=1S/C11H16N4O2/c1-7(6-16-3)15(2)9-5-4-8(12)10-11(9)14-17-13-10/h4-5,7H,6,12H2,1-3H3. The zero-order valence-corrected chi connectivity index (χ0v) is 10.2. The van der Waals surface area contributed by atoms with Crippen LogP contribution in [0.15, 0.2) is 16.8 Å². The summed E-state index contributed by atoms with van der Waals surface area (Å²) in [5.41, 5.74) is 8.57. The van der Waals surface area contributed by atoms with Gasteiger partial charge in [-0.3, -0.25) is 0 Å². The molecule has 0 amide bonds. The summed E-state index contributed by atoms with van der Waals surface area (Å²) in [6.45, 7) is 2.70. The number of likely N-dealkylation sites (N-methyl/N-ethyl adjacent to an activating group) is 1. The molecule has 0 saturated carbocycles. The van der Waals surface area contributed by atoms with Crippen LogP contribution in [0.3, 0.4) is 0 Å². The summed E-state index contributed by atoms with van der Waals surface area (Å²) in [7, 11) is 3.66. The molecule has 2 rings (SSSR count). The fourth-order valence-corrected chi connectivity index (χ4v) is 1.75. The van der Waals surface area contributed by atoms with Gasteiger partial charge in [-0.1, -0.05) is 0 Å². The van der Waals surface area contributed by atoms with Gasteiger partial charge in [0.2, 0.25) is 0 Å². The highest BCUT2D eigenvalue weighted by Crippen LogP contribution is 2.28. The Hall–Kier alpha value is -1.82. The van der Waals surface area contributed by atoms with E-state index in [0.29, 0.717) is 23.3 Å². The Morgan fingerprint density at radius 3 is 2.82 bits per heavy atom. The first kappa shape index (κ1) is 11.7. The molecule has 1 aromatic heterocycles. The van der Waals surface area contributed by atoms with Crippen molar-refractivity contribution in [1.29, 1.82) is 0 Å². The molecule has 0 bridgehead atoms. The van der Waals surface area contributed by atoms with Crippen LogP contribution in [0.25, 0.3) is 11.0 Å². The molecule has 6 heteroatoms. The normalized spacial score (nSPS) is 12.9. The van der Waals surface area contributed by atoms with Gasteiger partial charge >= 0.3 is 0 Å². The monoisotopic (exact) mass is 236 g/mol. The number of nitrogens with two attached hydrogens (primary N) is 1. The van der Waals surface area contributed by atoms with Crippen molar-refractivity contribution in [2.24, 2.45) is 0 Å². The third kappa shape index (κ3) is 2.03. The lowest BCUT2D eigenvalue weighted by Crippen LogP contribution is -2.32. The number of benzene rings is 1. The van der Waals surface area contributed by atoms with Crippen LogP contribution in [0.4, 0.5) is 11.4 Å². The minimum atomic E-state index is 0.225. The molecule has 0 spiro atoms. The molecule has 1 heterocycles. The minimum Gasteiger partial charge on any atom is -0.397 e. The van der Waals surface area contributed by atoms with E-state index >= 15 is 0 Å². The SMILES string of the molecule is COCC(C)N(C)c1ccc(N)c2nonc12. The van der Waals surface area contributed by atoms with Crippen molar-refractivity contribution in [3.8, 4) is 0 Å². The number of nitrogens with zero attached hydrogens (tertiary/aromatic N) is 3. The van der Waals surface area contributed by atoms with E-state index in [2.05, 4.69) is 22.1 Å². The topological polar surface area (TPSA) is 77.4 Å². The summed E-state index contributed by atoms with van der Waals surface area (Å²) in [6.07, 6.45) is 0. The summed E-state index contributed by atoms with van der Waals surface area (Å²) in [6, 6.07) is 3.94. The van der Waals surface area contributed by atoms with Gasteiger partial charge < -0.3 is 15.4 Å². The zero-order valence-electron chi connectivity index (χ0n) is 10.2. The molecule has 0 aliphatic heterocycles. The molecule has 2 aromatic rings. The van der Waals surface area contributed by atoms with Gasteiger partial charge in [0.25, 0.3) is 0 Å². The maximum absolute atomic E-state index is 5.80. The largest absolute Gasteiger partial charge is 0.397 e. The lowest BCUT2D eigenvalue weighted by atomic mass is 10.2. The number of anilines is 2. The van der Waals surface area contributed by atoms with E-state index in [1.165, 1.54) is 0 Å². The predicted octanol–water partition coefficient (Wildman–Crippen LogP) is 1.28. The molecule has 0 radical (unpaired) electrons. The second-order valence-corrected chi connectivity index (χ2v) is 4.05. The number of aromatic nitrogens is 2. The molecule has 0 aliphatic carbocycles. The number of rotatable bonds is 4. The molecule has 0 fully saturated rings. The fourth-order valence-electron chi connectivity index (χ4n) is 1.75. The van der Waals surface area contributed by atoms with E-state index < -0.39 is 0 Å². The second kappa shape index (κ2) is 4.58. The summed E-state index contributed by atoms with van der Waals surface area (Å²) in [4.78, 5) is 2.06. The molecule has 1 atom stereocenters. The Bertz CT molecular complexity index is 511. The van der Waals surface area contributed by atoms with Crippen molar-refractivity contribution in [3.05, 3.63) is 12.1 Å². The van der Waals surface area contributed by atoms with E-state index in [0.717, 1.165) is 5.69 Å². The first-order valence-corrected chi connectivity index (χ1v) is 5.37. The Morgan fingerprint density at radius 1 is 1.41 bits per heavy atom. The maximum atomic E-state index is 5.80. The van der Waals surface area contributed by atoms with Gasteiger partial charge in [0.05, 0.1) is 18.0 Å². The quantitative estimate of drug-likeness (QED) is 0.806. The molecular formula is C11H16N4O2. The summed E-state index contributed by atoms with van der Waals surface area (Å²) in [5.74, 6) is 0. The molecule has 0 aliphatic rings. The molecule has 0 saturated heterocycles. The Kier molecular flexibility index (Phi) is 3.14. The number of hydrogen-bond donors (Lipinski definition) is 1. The maximum Gasteiger partial charge on any atom is 0.160 e. The lowest BCUT2D eigenvalue weighted by molar-refractivity contribution is 0.183. The van der Waals surface area contributed by atoms with E-state index in [4.69, 9.17) is 15.1 Å². The second-order valence-electron chi connectivity index (χ2n) is 4.05. The molecule has 1 aromatic carbocycles. The highest BCUT2D eigenvalue weighted by molar-refractivity contribution is 5.95. The predicted molar refractivity (Wildman–Crippen MR) is 66.0 cm³/mol. The van der Waals surface area contributed by atoms with Gasteiger partial charge in [-0.2, -0.15) is 0 Å². The summed E-state index contributed by atoms with van der Waals surface area (Å²) >= 11 is 0. The highest BCUT2D eigenvalue weighted by Gasteiger charge is 2.16. The van der Waals surface area contributed by atoms with Crippen LogP contribution in [0.1, 0.15) is 6.92 Å². The molecule has 92 valence electrons. The molecule has 2 N–H and O–H groups in total. The van der Waals surface area contributed by atoms with Gasteiger partial charge in [0.1, 0.15) is 0 Å². The van der Waals surface area contributed by atoms with Crippen LogP contribution in [0.2, 0.25) is 0 Å². The lowest BCUT2D eigenvalue weighted by Gasteiger charge is -2.26. The smallest absolute Gasteiger partial charge is 0.160 e. The van der Waals surface area contributed by atoms with Crippen molar-refractivity contribution in [2.45, 2.75) is 13.0 Å². The third-order valence-corrected chi connectivity index (χ3v) is 2.87. The Morgan fingerprint density at radius 2 is 2.12 bits per heavy atom. The van der Waals surface area contributed by atoms with Crippen molar-refractivity contribution >= 4 is 22.4 Å². The Balaban J connectivity index is 2.41. The number of ether oxygens (including phenoxy) is 1. The van der Waals surface area contributed by atoms with Crippen molar-refractivity contribution in [2.75, 3.05) is 31.4 Å². The molecule has 6 nitrogen and oxygen atoms in total. The summed E-state index contributed by atoms with van der Waals surface area (Å²) in [5, 5.41) is 7.69. The van der Waals surface area contributed by atoms with Gasteiger partial charge in [0, 0.05) is 20.2 Å². The van der Waals surface area contributed by atoms with Crippen molar-refractivity contribution in [1.82, 2.24) is 10.3 Å². The van der Waals surface area contributed by atoms with Gasteiger partial charge in [-0.05, 0) is 29.4 Å². The van der Waals surface area contributed by atoms with E-state index in [9.17, 15) is 0 Å². The average Bonchev–Trinajstić information content (AvgIpc) is 2.79. The Labute approximate surface area is 99.3 Å². The van der Waals surface area contributed by atoms with E-state index in [1.807, 2.05) is 13.1 Å². The van der Waals surface area contributed by atoms with Crippen molar-refractivity contribution in [3.63, 3.8) is 0 Å². The van der Waals surface area contributed by atoms with Crippen LogP contribution >= 0.6 is 0 Å². The van der Waals surface area contributed by atoms with Gasteiger partial charge in [-0.15, -0.1) is 0 Å². The van der Waals surface area contributed by atoms with Crippen LogP contribution in [0.5, 0.6) is 0 Å². The average molecular weight is 236 g/mol. The van der Waals surface area contributed by atoms with Crippen LogP contribution < -0.4 is 10.6 Å². The van der Waals surface area contributed by atoms with Crippen LogP contribution in [0, 0.1) is 0 Å². The van der Waals surface area contributed by atoms with E-state index in [1.54, 1.807) is 13.2 Å². The van der Waals surface area contributed by atoms with Crippen molar-refractivity contribution < 1.29 is 9.37 Å². The first-order chi connectivity index (χ1) is 8.15. The third-order valence-electron chi connectivity index (χ3n) is 2.87. The number of fused-ring (bicyclic) bond motifs is 1. The van der Waals surface area contributed by atoms with Gasteiger partial charge in [-0.25, -0.2) is 4.63 Å². The minimum absolute atomic E-state index is 0.225. The van der Waals surface area contributed by atoms with E-state index in [-0.39, 0.29) is 6.04 Å². The van der Waals surface area contributed by atoms with Gasteiger partial charge in [0.15, 0.2) is 11.0 Å². The number of methoxy groups -OCH3 is 1. The molecule has 1 unspecified atom stereocenters. The first-order valence-electron chi connectivity index (χ1n) is 5.37. The zero-order chi connectivity index (χ0) is 12.4. The molecule has 17 heavy (non-hydrogen) atoms. The number of hydrogen-bond acceptors (Lipinski definition) is 6. The highest BCUT2D eigenvalue weighted by atomic mass is 16.6. The fraction of sp³-hybridized carbons (Fsp3) is 0.455. The van der Waals surface area contributed by atoms with Crippen LogP contribution in [-0.4, -0.2) is 37.1 Å². The molecular weight excluding hydrogens is 220 g/mol. The summed E-state index contributed by atoms with van der Waals surface area (Å²) < 4.78 is 9.88. The van der Waals surface area contributed by atoms with Crippen LogP contribution in [-0.2, 0) is 4.74 Å². The number of nitrogen functional groups attached to an aromatic ring is 1.